The van der Waals surface area contributed by atoms with Crippen LogP contribution < -0.4 is 8.92 Å². The highest BCUT2D eigenvalue weighted by atomic mass is 32.2. The maximum absolute atomic E-state index is 12.5. The summed E-state index contributed by atoms with van der Waals surface area (Å²) in [5.41, 5.74) is 0.729. The summed E-state index contributed by atoms with van der Waals surface area (Å²) >= 11 is 0. The molecule has 0 unspecified atom stereocenters. The van der Waals surface area contributed by atoms with Gasteiger partial charge in [0.25, 0.3) is 0 Å². The maximum atomic E-state index is 12.5. The highest BCUT2D eigenvalue weighted by Crippen LogP contribution is 2.27. The number of benzene rings is 1. The van der Waals surface area contributed by atoms with E-state index in [1.54, 1.807) is 28.9 Å². The first-order valence-electron chi connectivity index (χ1n) is 7.32. The molecule has 0 saturated heterocycles. The van der Waals surface area contributed by atoms with E-state index in [9.17, 15) is 8.42 Å². The van der Waals surface area contributed by atoms with Gasteiger partial charge in [-0.3, -0.25) is 4.68 Å². The molecule has 6 nitrogen and oxygen atoms in total. The van der Waals surface area contributed by atoms with E-state index in [2.05, 4.69) is 5.10 Å². The van der Waals surface area contributed by atoms with Crippen molar-refractivity contribution in [1.29, 1.82) is 0 Å². The SMILES string of the molecule is CCOc1cccc(OS(=O)(=O)c2cnn3c2CCCC3)c1. The van der Waals surface area contributed by atoms with Gasteiger partial charge in [-0.15, -0.1) is 0 Å². The number of aromatic nitrogens is 2. The molecule has 1 aromatic heterocycles. The Morgan fingerprint density at radius 2 is 2.09 bits per heavy atom. The molecule has 1 aliphatic heterocycles. The quantitative estimate of drug-likeness (QED) is 0.791. The van der Waals surface area contributed by atoms with Crippen LogP contribution in [0, 0.1) is 0 Å². The number of aryl methyl sites for hydroxylation is 1. The van der Waals surface area contributed by atoms with Crippen LogP contribution in [-0.2, 0) is 23.1 Å². The topological polar surface area (TPSA) is 70.4 Å². The van der Waals surface area contributed by atoms with Crippen LogP contribution in [0.4, 0.5) is 0 Å². The van der Waals surface area contributed by atoms with Crippen LogP contribution in [0.2, 0.25) is 0 Å². The second kappa shape index (κ2) is 6.00. The highest BCUT2D eigenvalue weighted by molar-refractivity contribution is 7.87. The number of hydrogen-bond acceptors (Lipinski definition) is 5. The smallest absolute Gasteiger partial charge is 0.342 e. The second-order valence-corrected chi connectivity index (χ2v) is 6.60. The molecule has 0 spiro atoms. The molecule has 0 atom stereocenters. The average Bonchev–Trinajstić information content (AvgIpc) is 2.92. The van der Waals surface area contributed by atoms with E-state index < -0.39 is 10.1 Å². The van der Waals surface area contributed by atoms with Crippen molar-refractivity contribution >= 4 is 10.1 Å². The third-order valence-corrected chi connectivity index (χ3v) is 4.83. The molecule has 1 aliphatic rings. The van der Waals surface area contributed by atoms with E-state index in [1.165, 1.54) is 6.20 Å². The number of ether oxygens (including phenoxy) is 1. The normalized spacial score (nSPS) is 14.4. The van der Waals surface area contributed by atoms with Crippen LogP contribution >= 0.6 is 0 Å². The second-order valence-electron chi connectivity index (χ2n) is 5.08. The van der Waals surface area contributed by atoms with Crippen molar-refractivity contribution in [3.63, 3.8) is 0 Å². The van der Waals surface area contributed by atoms with Crippen LogP contribution in [0.25, 0.3) is 0 Å². The molecule has 118 valence electrons. The maximum Gasteiger partial charge on any atom is 0.342 e. The van der Waals surface area contributed by atoms with Crippen molar-refractivity contribution in [2.45, 2.75) is 37.6 Å². The minimum Gasteiger partial charge on any atom is -0.494 e. The van der Waals surface area contributed by atoms with E-state index in [-0.39, 0.29) is 10.6 Å². The zero-order valence-electron chi connectivity index (χ0n) is 12.4. The van der Waals surface area contributed by atoms with Gasteiger partial charge in [0.2, 0.25) is 0 Å². The molecule has 22 heavy (non-hydrogen) atoms. The lowest BCUT2D eigenvalue weighted by atomic mass is 10.1. The first-order chi connectivity index (χ1) is 10.6. The molecule has 3 rings (SSSR count). The standard InChI is InChI=1S/C15H18N2O4S/c1-2-20-12-6-5-7-13(10-12)21-22(18,19)15-11-16-17-9-4-3-8-14(15)17/h5-7,10-11H,2-4,8-9H2,1H3. The summed E-state index contributed by atoms with van der Waals surface area (Å²) in [5, 5.41) is 4.14. The average molecular weight is 322 g/mol. The summed E-state index contributed by atoms with van der Waals surface area (Å²) in [5.74, 6) is 0.814. The Bertz CT molecular complexity index is 768. The lowest BCUT2D eigenvalue weighted by Gasteiger charge is -2.15. The monoisotopic (exact) mass is 322 g/mol. The zero-order valence-corrected chi connectivity index (χ0v) is 13.2. The van der Waals surface area contributed by atoms with Crippen molar-refractivity contribution in [1.82, 2.24) is 9.78 Å². The van der Waals surface area contributed by atoms with E-state index >= 15 is 0 Å². The van der Waals surface area contributed by atoms with Gasteiger partial charge >= 0.3 is 10.1 Å². The zero-order chi connectivity index (χ0) is 15.6. The molecule has 0 aliphatic carbocycles. The number of nitrogens with zero attached hydrogens (tertiary/aromatic N) is 2. The molecule has 0 bridgehead atoms. The third kappa shape index (κ3) is 2.94. The number of rotatable bonds is 5. The van der Waals surface area contributed by atoms with Crippen molar-refractivity contribution in [3.8, 4) is 11.5 Å². The summed E-state index contributed by atoms with van der Waals surface area (Å²) in [6.45, 7) is 3.13. The Labute approximate surface area is 129 Å². The van der Waals surface area contributed by atoms with E-state index in [0.29, 0.717) is 18.8 Å². The van der Waals surface area contributed by atoms with E-state index in [1.807, 2.05) is 6.92 Å². The molecule has 7 heteroatoms. The van der Waals surface area contributed by atoms with E-state index in [0.717, 1.165) is 25.1 Å². The first kappa shape index (κ1) is 14.9. The van der Waals surface area contributed by atoms with Crippen molar-refractivity contribution in [2.75, 3.05) is 6.61 Å². The molecule has 0 radical (unpaired) electrons. The van der Waals surface area contributed by atoms with Crippen LogP contribution in [0.5, 0.6) is 11.5 Å². The molecule has 2 aromatic rings. The third-order valence-electron chi connectivity index (χ3n) is 3.54. The molecule has 0 fully saturated rings. The summed E-state index contributed by atoms with van der Waals surface area (Å²) < 4.78 is 37.3. The van der Waals surface area contributed by atoms with Crippen LogP contribution in [0.1, 0.15) is 25.5 Å². The van der Waals surface area contributed by atoms with Gasteiger partial charge in [-0.05, 0) is 38.3 Å². The van der Waals surface area contributed by atoms with Gasteiger partial charge in [0, 0.05) is 12.6 Å². The molecule has 0 N–H and O–H groups in total. The minimum atomic E-state index is -3.88. The van der Waals surface area contributed by atoms with Gasteiger partial charge in [-0.2, -0.15) is 13.5 Å². The summed E-state index contributed by atoms with van der Waals surface area (Å²) in [7, 11) is -3.88. The van der Waals surface area contributed by atoms with Gasteiger partial charge in [0.05, 0.1) is 18.5 Å². The fourth-order valence-electron chi connectivity index (χ4n) is 2.56. The first-order valence-corrected chi connectivity index (χ1v) is 8.73. The Kier molecular flexibility index (Phi) is 4.06. The number of fused-ring (bicyclic) bond motifs is 1. The number of hydrogen-bond donors (Lipinski definition) is 0. The lowest BCUT2D eigenvalue weighted by Crippen LogP contribution is -2.16. The van der Waals surface area contributed by atoms with Crippen molar-refractivity contribution in [3.05, 3.63) is 36.2 Å². The van der Waals surface area contributed by atoms with Crippen LogP contribution in [0.15, 0.2) is 35.4 Å². The highest BCUT2D eigenvalue weighted by Gasteiger charge is 2.26. The Balaban J connectivity index is 1.87. The van der Waals surface area contributed by atoms with Gasteiger partial charge in [0.15, 0.2) is 0 Å². The summed E-state index contributed by atoms with van der Waals surface area (Å²) in [6.07, 6.45) is 4.07. The van der Waals surface area contributed by atoms with Gasteiger partial charge < -0.3 is 8.92 Å². The fourth-order valence-corrected chi connectivity index (χ4v) is 3.67. The molecular formula is C15H18N2O4S. The predicted octanol–water partition coefficient (Wildman–Crippen LogP) is 2.39. The fraction of sp³-hybridized carbons (Fsp3) is 0.400. The van der Waals surface area contributed by atoms with Gasteiger partial charge in [-0.1, -0.05) is 6.07 Å². The molecular weight excluding hydrogens is 304 g/mol. The Morgan fingerprint density at radius 3 is 2.91 bits per heavy atom. The molecule has 1 aromatic carbocycles. The van der Waals surface area contributed by atoms with Gasteiger partial charge in [-0.25, -0.2) is 0 Å². The molecule has 2 heterocycles. The predicted molar refractivity (Wildman–Crippen MR) is 80.6 cm³/mol. The van der Waals surface area contributed by atoms with Gasteiger partial charge in [0.1, 0.15) is 16.4 Å². The van der Waals surface area contributed by atoms with Crippen molar-refractivity contribution in [2.24, 2.45) is 0 Å². The van der Waals surface area contributed by atoms with Crippen LogP contribution in [-0.4, -0.2) is 24.8 Å². The lowest BCUT2D eigenvalue weighted by molar-refractivity contribution is 0.339. The van der Waals surface area contributed by atoms with E-state index in [4.69, 9.17) is 8.92 Å². The molecule has 0 saturated carbocycles. The Hall–Kier alpha value is -2.02. The summed E-state index contributed by atoms with van der Waals surface area (Å²) in [4.78, 5) is 0.161. The molecule has 0 amide bonds. The summed E-state index contributed by atoms with van der Waals surface area (Å²) in [6, 6.07) is 6.61. The van der Waals surface area contributed by atoms with Crippen LogP contribution in [0.3, 0.4) is 0 Å². The largest absolute Gasteiger partial charge is 0.494 e. The van der Waals surface area contributed by atoms with Crippen molar-refractivity contribution < 1.29 is 17.3 Å². The Morgan fingerprint density at radius 1 is 1.27 bits per heavy atom. The minimum absolute atomic E-state index is 0.161.